The lowest BCUT2D eigenvalue weighted by atomic mass is 10.1. The van der Waals surface area contributed by atoms with Crippen molar-refractivity contribution in [1.82, 2.24) is 10.2 Å². The van der Waals surface area contributed by atoms with Gasteiger partial charge in [0.2, 0.25) is 5.91 Å². The zero-order valence-corrected chi connectivity index (χ0v) is 12.1. The van der Waals surface area contributed by atoms with Crippen molar-refractivity contribution in [3.63, 3.8) is 0 Å². The molecule has 108 valence electrons. The smallest absolute Gasteiger partial charge is 0.296 e. The first kappa shape index (κ1) is 13.7. The Morgan fingerprint density at radius 1 is 1.24 bits per heavy atom. The highest BCUT2D eigenvalue weighted by atomic mass is 16.2. The molecule has 1 aliphatic carbocycles. The molecule has 0 saturated carbocycles. The molecule has 1 N–H and O–H groups in total. The fourth-order valence-electron chi connectivity index (χ4n) is 3.27. The van der Waals surface area contributed by atoms with Crippen molar-refractivity contribution < 1.29 is 9.59 Å². The van der Waals surface area contributed by atoms with E-state index in [1.165, 1.54) is 11.1 Å². The second-order valence-corrected chi connectivity index (χ2v) is 5.63. The van der Waals surface area contributed by atoms with Crippen molar-refractivity contribution in [2.45, 2.75) is 38.3 Å². The molecular formula is C17H18N2O2. The molecule has 21 heavy (non-hydrogen) atoms. The fourth-order valence-corrected chi connectivity index (χ4v) is 3.27. The summed E-state index contributed by atoms with van der Waals surface area (Å²) in [6.45, 7) is 2.22. The quantitative estimate of drug-likeness (QED) is 0.819. The third-order valence-electron chi connectivity index (χ3n) is 4.20. The summed E-state index contributed by atoms with van der Waals surface area (Å²) >= 11 is 0. The van der Waals surface area contributed by atoms with Crippen LogP contribution in [0.4, 0.5) is 0 Å². The normalized spacial score (nSPS) is 20.9. The van der Waals surface area contributed by atoms with Crippen LogP contribution in [0.2, 0.25) is 0 Å². The van der Waals surface area contributed by atoms with Gasteiger partial charge in [0.15, 0.2) is 0 Å². The van der Waals surface area contributed by atoms with Gasteiger partial charge in [-0.3, -0.25) is 9.59 Å². The zero-order chi connectivity index (χ0) is 14.8. The second kappa shape index (κ2) is 5.61. The SMILES string of the molecule is CC#CC(=O)N[C@H]1CC(=O)N(C2Cc3ccccc3C2)C1. The lowest BCUT2D eigenvalue weighted by Crippen LogP contribution is -2.40. The number of likely N-dealkylation sites (tertiary alicyclic amines) is 1. The molecule has 1 heterocycles. The third-order valence-corrected chi connectivity index (χ3v) is 4.20. The highest BCUT2D eigenvalue weighted by molar-refractivity contribution is 5.94. The number of amides is 2. The summed E-state index contributed by atoms with van der Waals surface area (Å²) in [5.74, 6) is 4.85. The molecule has 0 aromatic heterocycles. The molecule has 0 unspecified atom stereocenters. The molecule has 0 bridgehead atoms. The highest BCUT2D eigenvalue weighted by Crippen LogP contribution is 2.28. The van der Waals surface area contributed by atoms with Crippen LogP contribution in [0.3, 0.4) is 0 Å². The van der Waals surface area contributed by atoms with Crippen LogP contribution in [-0.2, 0) is 22.4 Å². The van der Waals surface area contributed by atoms with Gasteiger partial charge in [0.05, 0.1) is 6.04 Å². The number of nitrogens with zero attached hydrogens (tertiary/aromatic N) is 1. The Morgan fingerprint density at radius 3 is 2.52 bits per heavy atom. The Hall–Kier alpha value is -2.28. The van der Waals surface area contributed by atoms with Crippen LogP contribution in [0.1, 0.15) is 24.5 Å². The molecule has 1 aromatic rings. The van der Waals surface area contributed by atoms with Crippen molar-refractivity contribution in [2.24, 2.45) is 0 Å². The van der Waals surface area contributed by atoms with E-state index in [2.05, 4.69) is 29.3 Å². The van der Waals surface area contributed by atoms with Gasteiger partial charge in [-0.15, -0.1) is 0 Å². The van der Waals surface area contributed by atoms with E-state index in [0.29, 0.717) is 13.0 Å². The van der Waals surface area contributed by atoms with Crippen LogP contribution in [0.5, 0.6) is 0 Å². The summed E-state index contributed by atoms with van der Waals surface area (Å²) < 4.78 is 0. The second-order valence-electron chi connectivity index (χ2n) is 5.63. The lowest BCUT2D eigenvalue weighted by molar-refractivity contribution is -0.129. The number of hydrogen-bond acceptors (Lipinski definition) is 2. The van der Waals surface area contributed by atoms with Crippen molar-refractivity contribution in [3.05, 3.63) is 35.4 Å². The van der Waals surface area contributed by atoms with Gasteiger partial charge in [-0.2, -0.15) is 0 Å². The van der Waals surface area contributed by atoms with Gasteiger partial charge >= 0.3 is 0 Å². The Balaban J connectivity index is 1.64. The Bertz CT molecular complexity index is 617. The largest absolute Gasteiger partial charge is 0.340 e. The minimum Gasteiger partial charge on any atom is -0.340 e. The molecular weight excluding hydrogens is 264 g/mol. The van der Waals surface area contributed by atoms with Gasteiger partial charge < -0.3 is 10.2 Å². The van der Waals surface area contributed by atoms with E-state index in [9.17, 15) is 9.59 Å². The molecule has 1 aromatic carbocycles. The molecule has 2 amide bonds. The summed E-state index contributed by atoms with van der Waals surface area (Å²) in [4.78, 5) is 25.6. The van der Waals surface area contributed by atoms with Gasteiger partial charge in [0.25, 0.3) is 5.91 Å². The Labute approximate surface area is 124 Å². The van der Waals surface area contributed by atoms with Gasteiger partial charge in [0, 0.05) is 19.0 Å². The molecule has 3 rings (SSSR count). The predicted octanol–water partition coefficient (Wildman–Crippen LogP) is 0.894. The van der Waals surface area contributed by atoms with E-state index >= 15 is 0 Å². The number of fused-ring (bicyclic) bond motifs is 1. The summed E-state index contributed by atoms with van der Waals surface area (Å²) in [6.07, 6.45) is 2.21. The Morgan fingerprint density at radius 2 is 1.90 bits per heavy atom. The van der Waals surface area contributed by atoms with E-state index in [1.807, 2.05) is 17.0 Å². The highest BCUT2D eigenvalue weighted by Gasteiger charge is 2.37. The summed E-state index contributed by atoms with van der Waals surface area (Å²) in [6, 6.07) is 8.46. The molecule has 1 saturated heterocycles. The van der Waals surface area contributed by atoms with Crippen LogP contribution in [0.15, 0.2) is 24.3 Å². The molecule has 1 atom stereocenters. The number of carbonyl (C=O) groups is 2. The summed E-state index contributed by atoms with van der Waals surface area (Å²) in [5.41, 5.74) is 2.67. The molecule has 2 aliphatic rings. The molecule has 0 radical (unpaired) electrons. The number of nitrogens with one attached hydrogen (secondary N) is 1. The van der Waals surface area contributed by atoms with Gasteiger partial charge in [-0.1, -0.05) is 30.2 Å². The number of rotatable bonds is 2. The first-order chi connectivity index (χ1) is 10.2. The maximum atomic E-state index is 12.2. The standard InChI is InChI=1S/C17H18N2O2/c1-2-5-16(20)18-14-10-17(21)19(11-14)15-8-12-6-3-4-7-13(12)9-15/h3-4,6-7,14-15H,8-11H2,1H3,(H,18,20)/t14-/m0/s1. The van der Waals surface area contributed by atoms with Crippen molar-refractivity contribution >= 4 is 11.8 Å². The monoisotopic (exact) mass is 282 g/mol. The first-order valence-corrected chi connectivity index (χ1v) is 7.27. The lowest BCUT2D eigenvalue weighted by Gasteiger charge is -2.24. The van der Waals surface area contributed by atoms with Crippen LogP contribution in [0.25, 0.3) is 0 Å². The minimum atomic E-state index is -0.299. The van der Waals surface area contributed by atoms with E-state index < -0.39 is 0 Å². The first-order valence-electron chi connectivity index (χ1n) is 7.27. The molecule has 1 fully saturated rings. The molecule has 4 heteroatoms. The van der Waals surface area contributed by atoms with Crippen LogP contribution < -0.4 is 5.32 Å². The maximum absolute atomic E-state index is 12.2. The number of benzene rings is 1. The predicted molar refractivity (Wildman–Crippen MR) is 79.3 cm³/mol. The molecule has 0 spiro atoms. The van der Waals surface area contributed by atoms with E-state index in [4.69, 9.17) is 0 Å². The minimum absolute atomic E-state index is 0.116. The van der Waals surface area contributed by atoms with Gasteiger partial charge in [-0.25, -0.2) is 0 Å². The maximum Gasteiger partial charge on any atom is 0.296 e. The zero-order valence-electron chi connectivity index (χ0n) is 12.1. The van der Waals surface area contributed by atoms with Crippen molar-refractivity contribution in [1.29, 1.82) is 0 Å². The van der Waals surface area contributed by atoms with Crippen LogP contribution in [0, 0.1) is 11.8 Å². The number of hydrogen-bond donors (Lipinski definition) is 1. The van der Waals surface area contributed by atoms with E-state index in [1.54, 1.807) is 6.92 Å². The van der Waals surface area contributed by atoms with Gasteiger partial charge in [0.1, 0.15) is 0 Å². The van der Waals surface area contributed by atoms with E-state index in [-0.39, 0.29) is 23.9 Å². The van der Waals surface area contributed by atoms with E-state index in [0.717, 1.165) is 12.8 Å². The van der Waals surface area contributed by atoms with Crippen LogP contribution >= 0.6 is 0 Å². The van der Waals surface area contributed by atoms with Crippen molar-refractivity contribution in [2.75, 3.05) is 6.54 Å². The average Bonchev–Trinajstić information content (AvgIpc) is 3.02. The summed E-state index contributed by atoms with van der Waals surface area (Å²) in [7, 11) is 0. The van der Waals surface area contributed by atoms with Gasteiger partial charge in [-0.05, 0) is 36.8 Å². The van der Waals surface area contributed by atoms with Crippen LogP contribution in [-0.4, -0.2) is 35.3 Å². The molecule has 1 aliphatic heterocycles. The summed E-state index contributed by atoms with van der Waals surface area (Å²) in [5, 5.41) is 2.81. The topological polar surface area (TPSA) is 49.4 Å². The third kappa shape index (κ3) is 2.78. The Kier molecular flexibility index (Phi) is 3.66. The van der Waals surface area contributed by atoms with Crippen molar-refractivity contribution in [3.8, 4) is 11.8 Å². The fraction of sp³-hybridized carbons (Fsp3) is 0.412. The average molecular weight is 282 g/mol. The number of carbonyl (C=O) groups excluding carboxylic acids is 2. The molecule has 4 nitrogen and oxygen atoms in total.